The summed E-state index contributed by atoms with van der Waals surface area (Å²) in [7, 11) is 1.88. The van der Waals surface area contributed by atoms with Crippen LogP contribution in [0.2, 0.25) is 0 Å². The molecular weight excluding hydrogens is 232 g/mol. The van der Waals surface area contributed by atoms with Crippen molar-refractivity contribution in [2.75, 3.05) is 30.5 Å². The predicted molar refractivity (Wildman–Crippen MR) is 77.1 cm³/mol. The Hall–Kier alpha value is -0.970. The van der Waals surface area contributed by atoms with Gasteiger partial charge in [0.25, 0.3) is 0 Å². The van der Waals surface area contributed by atoms with Crippen LogP contribution in [0, 0.1) is 13.8 Å². The first-order chi connectivity index (χ1) is 8.08. The van der Waals surface area contributed by atoms with Gasteiger partial charge in [-0.1, -0.05) is 6.92 Å². The van der Waals surface area contributed by atoms with Gasteiger partial charge in [-0.25, -0.2) is 9.97 Å². The minimum absolute atomic E-state index is 0.675. The van der Waals surface area contributed by atoms with Crippen LogP contribution in [0.3, 0.4) is 0 Å². The highest BCUT2D eigenvalue weighted by Gasteiger charge is 2.07. The third-order valence-corrected chi connectivity index (χ3v) is 3.78. The van der Waals surface area contributed by atoms with Crippen LogP contribution < -0.4 is 10.6 Å². The fourth-order valence-electron chi connectivity index (χ4n) is 1.56. The van der Waals surface area contributed by atoms with Gasteiger partial charge in [0, 0.05) is 24.4 Å². The Kier molecular flexibility index (Phi) is 5.55. The van der Waals surface area contributed by atoms with E-state index in [-0.39, 0.29) is 0 Å². The monoisotopic (exact) mass is 254 g/mol. The summed E-state index contributed by atoms with van der Waals surface area (Å²) in [6.07, 6.45) is 3.28. The fourth-order valence-corrected chi connectivity index (χ4v) is 1.91. The lowest BCUT2D eigenvalue weighted by molar-refractivity contribution is 0.846. The Morgan fingerprint density at radius 1 is 1.24 bits per heavy atom. The molecule has 0 saturated heterocycles. The number of rotatable bonds is 6. The molecule has 0 saturated carbocycles. The summed E-state index contributed by atoms with van der Waals surface area (Å²) < 4.78 is 0. The molecule has 0 aromatic carbocycles. The zero-order chi connectivity index (χ0) is 12.8. The molecule has 1 aromatic heterocycles. The molecule has 96 valence electrons. The Balaban J connectivity index is 2.67. The molecule has 0 fully saturated rings. The van der Waals surface area contributed by atoms with Crippen LogP contribution in [-0.2, 0) is 0 Å². The van der Waals surface area contributed by atoms with E-state index in [0.29, 0.717) is 5.25 Å². The number of hydrogen-bond acceptors (Lipinski definition) is 5. The second-order valence-electron chi connectivity index (χ2n) is 4.10. The van der Waals surface area contributed by atoms with Gasteiger partial charge < -0.3 is 10.6 Å². The summed E-state index contributed by atoms with van der Waals surface area (Å²) in [5.74, 6) is 2.63. The maximum Gasteiger partial charge on any atom is 0.134 e. The molecule has 1 aromatic rings. The molecule has 2 N–H and O–H groups in total. The molecule has 0 aliphatic heterocycles. The summed E-state index contributed by atoms with van der Waals surface area (Å²) in [6.45, 7) is 7.13. The van der Waals surface area contributed by atoms with Gasteiger partial charge in [-0.15, -0.1) is 0 Å². The van der Waals surface area contributed by atoms with E-state index in [4.69, 9.17) is 0 Å². The van der Waals surface area contributed by atoms with Crippen LogP contribution in [0.25, 0.3) is 0 Å². The minimum atomic E-state index is 0.675. The second-order valence-corrected chi connectivity index (χ2v) is 5.38. The predicted octanol–water partition coefficient (Wildman–Crippen LogP) is 2.69. The lowest BCUT2D eigenvalue weighted by Gasteiger charge is -2.14. The number of thioether (sulfide) groups is 1. The summed E-state index contributed by atoms with van der Waals surface area (Å²) in [4.78, 5) is 8.78. The van der Waals surface area contributed by atoms with Crippen molar-refractivity contribution < 1.29 is 0 Å². The van der Waals surface area contributed by atoms with Gasteiger partial charge in [0.15, 0.2) is 0 Å². The van der Waals surface area contributed by atoms with Gasteiger partial charge in [0.05, 0.1) is 0 Å². The van der Waals surface area contributed by atoms with Gasteiger partial charge in [0.2, 0.25) is 0 Å². The van der Waals surface area contributed by atoms with Crippen molar-refractivity contribution in [3.63, 3.8) is 0 Å². The highest BCUT2D eigenvalue weighted by Crippen LogP contribution is 2.19. The molecule has 1 atom stereocenters. The largest absolute Gasteiger partial charge is 0.373 e. The number of aryl methyl sites for hydroxylation is 1. The molecule has 0 aliphatic carbocycles. The van der Waals surface area contributed by atoms with Crippen molar-refractivity contribution in [1.82, 2.24) is 9.97 Å². The first-order valence-corrected chi connectivity index (χ1v) is 7.17. The molecule has 0 amide bonds. The van der Waals surface area contributed by atoms with E-state index in [0.717, 1.165) is 36.0 Å². The van der Waals surface area contributed by atoms with Gasteiger partial charge in [0.1, 0.15) is 17.5 Å². The van der Waals surface area contributed by atoms with Crippen LogP contribution in [0.15, 0.2) is 0 Å². The lowest BCUT2D eigenvalue weighted by Crippen LogP contribution is -2.12. The first kappa shape index (κ1) is 14.1. The molecule has 0 bridgehead atoms. The van der Waals surface area contributed by atoms with Gasteiger partial charge in [-0.3, -0.25) is 0 Å². The van der Waals surface area contributed by atoms with Crippen molar-refractivity contribution >= 4 is 23.4 Å². The SMILES string of the molecule is CNc1nc(C)nc(NCCC(C)SC)c1C. The van der Waals surface area contributed by atoms with E-state index in [1.54, 1.807) is 0 Å². The normalized spacial score (nSPS) is 12.3. The number of aromatic nitrogens is 2. The maximum absolute atomic E-state index is 4.43. The second kappa shape index (κ2) is 6.69. The average Bonchev–Trinajstić information content (AvgIpc) is 2.32. The number of nitrogens with zero attached hydrogens (tertiary/aromatic N) is 2. The van der Waals surface area contributed by atoms with Crippen LogP contribution in [0.1, 0.15) is 24.7 Å². The topological polar surface area (TPSA) is 49.8 Å². The molecule has 1 heterocycles. The van der Waals surface area contributed by atoms with E-state index in [2.05, 4.69) is 33.8 Å². The maximum atomic E-state index is 4.43. The average molecular weight is 254 g/mol. The van der Waals surface area contributed by atoms with E-state index in [9.17, 15) is 0 Å². The van der Waals surface area contributed by atoms with E-state index in [1.807, 2.05) is 32.7 Å². The van der Waals surface area contributed by atoms with E-state index < -0.39 is 0 Å². The number of anilines is 2. The Labute approximate surface area is 108 Å². The van der Waals surface area contributed by atoms with Crippen molar-refractivity contribution in [1.29, 1.82) is 0 Å². The van der Waals surface area contributed by atoms with Crippen molar-refractivity contribution in [2.24, 2.45) is 0 Å². The van der Waals surface area contributed by atoms with Gasteiger partial charge >= 0.3 is 0 Å². The van der Waals surface area contributed by atoms with Gasteiger partial charge in [-0.05, 0) is 26.5 Å². The van der Waals surface area contributed by atoms with Crippen molar-refractivity contribution in [3.05, 3.63) is 11.4 Å². The van der Waals surface area contributed by atoms with Crippen LogP contribution in [0.5, 0.6) is 0 Å². The molecule has 4 nitrogen and oxygen atoms in total. The minimum Gasteiger partial charge on any atom is -0.373 e. The molecular formula is C12H22N4S. The molecule has 5 heteroatoms. The molecule has 17 heavy (non-hydrogen) atoms. The van der Waals surface area contributed by atoms with Crippen LogP contribution in [-0.4, -0.2) is 35.1 Å². The zero-order valence-electron chi connectivity index (χ0n) is 11.3. The summed E-state index contributed by atoms with van der Waals surface area (Å²) in [5.41, 5.74) is 1.08. The summed E-state index contributed by atoms with van der Waals surface area (Å²) >= 11 is 1.89. The Morgan fingerprint density at radius 2 is 1.88 bits per heavy atom. The van der Waals surface area contributed by atoms with E-state index in [1.165, 1.54) is 0 Å². The Morgan fingerprint density at radius 3 is 2.47 bits per heavy atom. The smallest absolute Gasteiger partial charge is 0.134 e. The lowest BCUT2D eigenvalue weighted by atomic mass is 10.3. The summed E-state index contributed by atoms with van der Waals surface area (Å²) in [5, 5.41) is 7.16. The van der Waals surface area contributed by atoms with Gasteiger partial charge in [-0.2, -0.15) is 11.8 Å². The third-order valence-electron chi connectivity index (χ3n) is 2.74. The Bertz CT molecular complexity index is 368. The number of nitrogens with one attached hydrogen (secondary N) is 2. The molecule has 0 spiro atoms. The zero-order valence-corrected chi connectivity index (χ0v) is 12.1. The highest BCUT2D eigenvalue weighted by atomic mass is 32.2. The standard InChI is InChI=1S/C12H22N4S/c1-8(17-5)6-7-14-12-9(2)11(13-4)15-10(3)16-12/h8H,6-7H2,1-5H3,(H2,13,14,15,16). The third kappa shape index (κ3) is 4.07. The fraction of sp³-hybridized carbons (Fsp3) is 0.667. The van der Waals surface area contributed by atoms with Crippen LogP contribution in [0.4, 0.5) is 11.6 Å². The first-order valence-electron chi connectivity index (χ1n) is 5.88. The van der Waals surface area contributed by atoms with E-state index >= 15 is 0 Å². The van der Waals surface area contributed by atoms with Crippen molar-refractivity contribution in [3.8, 4) is 0 Å². The highest BCUT2D eigenvalue weighted by molar-refractivity contribution is 7.99. The van der Waals surface area contributed by atoms with Crippen molar-refractivity contribution in [2.45, 2.75) is 32.4 Å². The summed E-state index contributed by atoms with van der Waals surface area (Å²) in [6, 6.07) is 0. The molecule has 0 aliphatic rings. The quantitative estimate of drug-likeness (QED) is 0.817. The molecule has 1 rings (SSSR count). The molecule has 0 radical (unpaired) electrons. The number of hydrogen-bond donors (Lipinski definition) is 2. The van der Waals surface area contributed by atoms with Crippen LogP contribution >= 0.6 is 11.8 Å². The molecule has 1 unspecified atom stereocenters.